The third-order valence-electron chi connectivity index (χ3n) is 7.90. The second-order valence-electron chi connectivity index (χ2n) is 9.85. The SMILES string of the molecule is Oc1ccccc1C(c1ccccc1)(c1ccccc1)C(c1ccccc1)(c1ccccc1)c1ccccc1. The van der Waals surface area contributed by atoms with Gasteiger partial charge in [0.1, 0.15) is 5.75 Å². The van der Waals surface area contributed by atoms with E-state index in [1.54, 1.807) is 0 Å². The Labute approximate surface area is 230 Å². The molecule has 1 heteroatoms. The van der Waals surface area contributed by atoms with Crippen LogP contribution in [0.4, 0.5) is 0 Å². The minimum Gasteiger partial charge on any atom is -0.508 e. The van der Waals surface area contributed by atoms with E-state index >= 15 is 0 Å². The molecule has 0 aliphatic heterocycles. The maximum atomic E-state index is 11.8. The number of hydrogen-bond donors (Lipinski definition) is 1. The molecule has 188 valence electrons. The van der Waals surface area contributed by atoms with E-state index in [2.05, 4.69) is 158 Å². The summed E-state index contributed by atoms with van der Waals surface area (Å²) in [6.07, 6.45) is 0. The number of hydrogen-bond acceptors (Lipinski definition) is 1. The molecular formula is C38H30O. The van der Waals surface area contributed by atoms with Gasteiger partial charge in [0.15, 0.2) is 0 Å². The van der Waals surface area contributed by atoms with Gasteiger partial charge in [0.2, 0.25) is 0 Å². The summed E-state index contributed by atoms with van der Waals surface area (Å²) in [7, 11) is 0. The maximum Gasteiger partial charge on any atom is 0.120 e. The van der Waals surface area contributed by atoms with E-state index in [0.717, 1.165) is 33.4 Å². The van der Waals surface area contributed by atoms with E-state index in [0.29, 0.717) is 0 Å². The lowest BCUT2D eigenvalue weighted by atomic mass is 9.47. The van der Waals surface area contributed by atoms with E-state index in [-0.39, 0.29) is 5.75 Å². The van der Waals surface area contributed by atoms with Crippen LogP contribution in [0.25, 0.3) is 0 Å². The molecule has 6 aromatic carbocycles. The Bertz CT molecular complexity index is 1490. The lowest BCUT2D eigenvalue weighted by molar-refractivity contribution is 0.390. The summed E-state index contributed by atoms with van der Waals surface area (Å²) < 4.78 is 0. The number of para-hydroxylation sites is 1. The highest BCUT2D eigenvalue weighted by Crippen LogP contribution is 2.61. The van der Waals surface area contributed by atoms with Crippen molar-refractivity contribution >= 4 is 0 Å². The first-order valence-electron chi connectivity index (χ1n) is 13.4. The Morgan fingerprint density at radius 3 is 0.846 bits per heavy atom. The predicted octanol–water partition coefficient (Wildman–Crippen LogP) is 8.76. The largest absolute Gasteiger partial charge is 0.508 e. The molecule has 39 heavy (non-hydrogen) atoms. The van der Waals surface area contributed by atoms with Crippen LogP contribution in [-0.4, -0.2) is 5.11 Å². The molecule has 0 saturated carbocycles. The summed E-state index contributed by atoms with van der Waals surface area (Å²) in [5.74, 6) is 0.261. The Balaban J connectivity index is 1.96. The Morgan fingerprint density at radius 2 is 0.538 bits per heavy atom. The molecule has 0 aliphatic carbocycles. The first-order chi connectivity index (χ1) is 19.3. The van der Waals surface area contributed by atoms with Gasteiger partial charge in [0, 0.05) is 5.56 Å². The lowest BCUT2D eigenvalue weighted by Gasteiger charge is -2.53. The average Bonchev–Trinajstić information content (AvgIpc) is 3.02. The summed E-state index contributed by atoms with van der Waals surface area (Å²) >= 11 is 0. The molecule has 0 radical (unpaired) electrons. The first-order valence-corrected chi connectivity index (χ1v) is 13.4. The van der Waals surface area contributed by atoms with Crippen molar-refractivity contribution in [2.45, 2.75) is 10.8 Å². The standard InChI is InChI=1S/C38H30O/c39-36-29-17-16-28-35(36)38(33-24-12-4-13-25-33,34-26-14-5-15-27-34)37(30-18-6-1-7-19-30,31-20-8-2-9-21-31)32-22-10-3-11-23-32/h1-29,39H. The molecule has 0 spiro atoms. The van der Waals surface area contributed by atoms with Crippen LogP contribution in [0.1, 0.15) is 33.4 Å². The van der Waals surface area contributed by atoms with Gasteiger partial charge >= 0.3 is 0 Å². The van der Waals surface area contributed by atoms with Crippen LogP contribution < -0.4 is 0 Å². The molecular weight excluding hydrogens is 472 g/mol. The van der Waals surface area contributed by atoms with Crippen molar-refractivity contribution in [1.82, 2.24) is 0 Å². The van der Waals surface area contributed by atoms with Gasteiger partial charge in [0.25, 0.3) is 0 Å². The fourth-order valence-corrected chi connectivity index (χ4v) is 6.49. The van der Waals surface area contributed by atoms with Crippen LogP contribution >= 0.6 is 0 Å². The highest BCUT2D eigenvalue weighted by molar-refractivity contribution is 5.69. The van der Waals surface area contributed by atoms with E-state index in [1.807, 2.05) is 18.2 Å². The maximum absolute atomic E-state index is 11.8. The summed E-state index contributed by atoms with van der Waals surface area (Å²) in [4.78, 5) is 0. The van der Waals surface area contributed by atoms with Crippen LogP contribution in [0.5, 0.6) is 5.75 Å². The van der Waals surface area contributed by atoms with Gasteiger partial charge in [-0.3, -0.25) is 0 Å². The molecule has 0 unspecified atom stereocenters. The van der Waals surface area contributed by atoms with Crippen molar-refractivity contribution in [2.24, 2.45) is 0 Å². The van der Waals surface area contributed by atoms with Crippen molar-refractivity contribution in [2.75, 3.05) is 0 Å². The van der Waals surface area contributed by atoms with Gasteiger partial charge in [-0.15, -0.1) is 0 Å². The third-order valence-corrected chi connectivity index (χ3v) is 7.90. The van der Waals surface area contributed by atoms with Crippen molar-refractivity contribution in [1.29, 1.82) is 0 Å². The number of phenolic OH excluding ortho intramolecular Hbond substituents is 1. The van der Waals surface area contributed by atoms with Crippen molar-refractivity contribution in [3.05, 3.63) is 209 Å². The minimum atomic E-state index is -0.856. The van der Waals surface area contributed by atoms with Gasteiger partial charge in [0.05, 0.1) is 10.8 Å². The summed E-state index contributed by atoms with van der Waals surface area (Å²) in [5.41, 5.74) is 4.82. The normalized spacial score (nSPS) is 11.7. The number of aromatic hydroxyl groups is 1. The molecule has 0 amide bonds. The summed E-state index contributed by atoms with van der Waals surface area (Å²) in [5, 5.41) is 11.8. The Morgan fingerprint density at radius 1 is 0.282 bits per heavy atom. The van der Waals surface area contributed by atoms with Crippen LogP contribution in [0.3, 0.4) is 0 Å². The zero-order valence-electron chi connectivity index (χ0n) is 21.7. The zero-order chi connectivity index (χ0) is 26.5. The van der Waals surface area contributed by atoms with Crippen LogP contribution in [-0.2, 0) is 10.8 Å². The van der Waals surface area contributed by atoms with Crippen LogP contribution in [0, 0.1) is 0 Å². The van der Waals surface area contributed by atoms with Gasteiger partial charge in [-0.1, -0.05) is 170 Å². The molecule has 0 bridgehead atoms. The second kappa shape index (κ2) is 10.5. The topological polar surface area (TPSA) is 20.2 Å². The second-order valence-corrected chi connectivity index (χ2v) is 9.85. The molecule has 0 heterocycles. The zero-order valence-corrected chi connectivity index (χ0v) is 21.7. The van der Waals surface area contributed by atoms with Crippen LogP contribution in [0.2, 0.25) is 0 Å². The Kier molecular flexibility index (Phi) is 6.57. The molecule has 0 fully saturated rings. The molecule has 0 aliphatic rings. The summed E-state index contributed by atoms with van der Waals surface area (Å²) in [6.45, 7) is 0. The molecule has 6 rings (SSSR count). The molecule has 0 aromatic heterocycles. The van der Waals surface area contributed by atoms with E-state index in [1.165, 1.54) is 0 Å². The van der Waals surface area contributed by atoms with Gasteiger partial charge in [-0.05, 0) is 33.9 Å². The Hall–Kier alpha value is -4.88. The first kappa shape index (κ1) is 24.5. The van der Waals surface area contributed by atoms with Gasteiger partial charge in [-0.25, -0.2) is 0 Å². The quantitative estimate of drug-likeness (QED) is 0.216. The smallest absolute Gasteiger partial charge is 0.120 e. The molecule has 6 aromatic rings. The third kappa shape index (κ3) is 3.86. The monoisotopic (exact) mass is 502 g/mol. The molecule has 1 N–H and O–H groups in total. The number of rotatable bonds is 7. The molecule has 1 nitrogen and oxygen atoms in total. The van der Waals surface area contributed by atoms with Crippen molar-refractivity contribution < 1.29 is 5.11 Å². The van der Waals surface area contributed by atoms with Crippen LogP contribution in [0.15, 0.2) is 176 Å². The lowest BCUT2D eigenvalue weighted by Crippen LogP contribution is -2.52. The molecule has 0 atom stereocenters. The predicted molar refractivity (Wildman–Crippen MR) is 160 cm³/mol. The average molecular weight is 503 g/mol. The van der Waals surface area contributed by atoms with Crippen molar-refractivity contribution in [3.63, 3.8) is 0 Å². The summed E-state index contributed by atoms with van der Waals surface area (Å²) in [6, 6.07) is 61.3. The van der Waals surface area contributed by atoms with E-state index < -0.39 is 10.8 Å². The van der Waals surface area contributed by atoms with Crippen molar-refractivity contribution in [3.8, 4) is 5.75 Å². The minimum absolute atomic E-state index is 0.261. The number of benzene rings is 6. The fourth-order valence-electron chi connectivity index (χ4n) is 6.49. The van der Waals surface area contributed by atoms with Gasteiger partial charge < -0.3 is 5.11 Å². The number of phenols is 1. The highest BCUT2D eigenvalue weighted by atomic mass is 16.3. The van der Waals surface area contributed by atoms with E-state index in [4.69, 9.17) is 0 Å². The molecule has 0 saturated heterocycles. The fraction of sp³-hybridized carbons (Fsp3) is 0.0526. The highest BCUT2D eigenvalue weighted by Gasteiger charge is 2.58. The van der Waals surface area contributed by atoms with E-state index in [9.17, 15) is 5.11 Å². The van der Waals surface area contributed by atoms with Gasteiger partial charge in [-0.2, -0.15) is 0 Å².